The van der Waals surface area contributed by atoms with E-state index in [1.807, 2.05) is 0 Å². The zero-order chi connectivity index (χ0) is 7.98. The Morgan fingerprint density at radius 1 is 1.60 bits per heavy atom. The fraction of sp³-hybridized carbons (Fsp3) is 0.167. The molecule has 4 heteroatoms. The van der Waals surface area contributed by atoms with Gasteiger partial charge in [-0.1, -0.05) is 6.08 Å². The zero-order valence-corrected chi connectivity index (χ0v) is 5.86. The standard InChI is InChI=1S/C6H10BNO2/c1-3-6(7(9)10)4-5-8-2/h3-5,9-10H,2H2,1H3. The maximum absolute atomic E-state index is 8.61. The highest BCUT2D eigenvalue weighted by Crippen LogP contribution is 1.97. The van der Waals surface area contributed by atoms with Crippen molar-refractivity contribution in [2.75, 3.05) is 0 Å². The third-order valence-electron chi connectivity index (χ3n) is 1.00. The molecule has 0 heterocycles. The van der Waals surface area contributed by atoms with Gasteiger partial charge in [0, 0.05) is 6.20 Å². The van der Waals surface area contributed by atoms with E-state index in [0.717, 1.165) is 0 Å². The van der Waals surface area contributed by atoms with E-state index in [1.165, 1.54) is 12.3 Å². The molecule has 0 aliphatic rings. The van der Waals surface area contributed by atoms with Crippen LogP contribution in [0.3, 0.4) is 0 Å². The lowest BCUT2D eigenvalue weighted by Gasteiger charge is -1.95. The molecule has 0 atom stereocenters. The molecule has 0 aromatic carbocycles. The van der Waals surface area contributed by atoms with E-state index < -0.39 is 7.12 Å². The predicted molar refractivity (Wildman–Crippen MR) is 42.6 cm³/mol. The molecule has 54 valence electrons. The molecule has 0 radical (unpaired) electrons. The van der Waals surface area contributed by atoms with Crippen LogP contribution < -0.4 is 0 Å². The second-order valence-corrected chi connectivity index (χ2v) is 1.66. The highest BCUT2D eigenvalue weighted by atomic mass is 16.4. The van der Waals surface area contributed by atoms with Crippen LogP contribution in [0, 0.1) is 0 Å². The van der Waals surface area contributed by atoms with E-state index in [0.29, 0.717) is 5.47 Å². The largest absolute Gasteiger partial charge is 0.488 e. The summed E-state index contributed by atoms with van der Waals surface area (Å²) in [6.07, 6.45) is 4.47. The summed E-state index contributed by atoms with van der Waals surface area (Å²) in [7, 11) is -1.43. The Labute approximate surface area is 60.6 Å². The fourth-order valence-corrected chi connectivity index (χ4v) is 0.470. The minimum absolute atomic E-state index is 0.410. The summed E-state index contributed by atoms with van der Waals surface area (Å²) >= 11 is 0. The van der Waals surface area contributed by atoms with Crippen LogP contribution >= 0.6 is 0 Å². The van der Waals surface area contributed by atoms with Crippen molar-refractivity contribution >= 4 is 13.8 Å². The van der Waals surface area contributed by atoms with Crippen LogP contribution in [0.5, 0.6) is 0 Å². The summed E-state index contributed by atoms with van der Waals surface area (Å²) in [6.45, 7) is 4.91. The Morgan fingerprint density at radius 2 is 2.20 bits per heavy atom. The summed E-state index contributed by atoms with van der Waals surface area (Å²) in [6, 6.07) is 0. The van der Waals surface area contributed by atoms with E-state index in [-0.39, 0.29) is 0 Å². The molecule has 0 fully saturated rings. The van der Waals surface area contributed by atoms with Gasteiger partial charge in [-0.25, -0.2) is 0 Å². The minimum Gasteiger partial charge on any atom is -0.423 e. The van der Waals surface area contributed by atoms with Crippen LogP contribution in [-0.4, -0.2) is 23.9 Å². The van der Waals surface area contributed by atoms with Crippen molar-refractivity contribution in [3.63, 3.8) is 0 Å². The van der Waals surface area contributed by atoms with Crippen LogP contribution in [0.15, 0.2) is 28.8 Å². The monoisotopic (exact) mass is 139 g/mol. The van der Waals surface area contributed by atoms with Crippen molar-refractivity contribution < 1.29 is 10.0 Å². The number of rotatable bonds is 3. The Balaban J connectivity index is 4.10. The van der Waals surface area contributed by atoms with Crippen molar-refractivity contribution in [2.45, 2.75) is 6.92 Å². The summed E-state index contributed by atoms with van der Waals surface area (Å²) in [5.41, 5.74) is 0.410. The predicted octanol–water partition coefficient (Wildman–Crippen LogP) is 0.159. The average molecular weight is 139 g/mol. The SMILES string of the molecule is C=NC=CC(=CC)B(O)O. The Morgan fingerprint density at radius 3 is 2.50 bits per heavy atom. The smallest absolute Gasteiger partial charge is 0.423 e. The molecule has 0 aliphatic carbocycles. The Kier molecular flexibility index (Phi) is 4.53. The molecule has 0 amide bonds. The second kappa shape index (κ2) is 4.96. The maximum Gasteiger partial charge on any atom is 0.488 e. The van der Waals surface area contributed by atoms with Crippen LogP contribution in [0.25, 0.3) is 0 Å². The molecule has 10 heavy (non-hydrogen) atoms. The quantitative estimate of drug-likeness (QED) is 0.332. The molecule has 0 spiro atoms. The number of aliphatic imine (C=N–C) groups is 1. The summed E-state index contributed by atoms with van der Waals surface area (Å²) in [5, 5.41) is 17.2. The lowest BCUT2D eigenvalue weighted by atomic mass is 9.79. The second-order valence-electron chi connectivity index (χ2n) is 1.66. The van der Waals surface area contributed by atoms with Crippen molar-refractivity contribution in [2.24, 2.45) is 4.99 Å². The molecule has 0 rings (SSSR count). The first-order valence-corrected chi connectivity index (χ1v) is 2.87. The first-order chi connectivity index (χ1) is 4.72. The van der Waals surface area contributed by atoms with Crippen molar-refractivity contribution in [3.8, 4) is 0 Å². The normalized spacial score (nSPS) is 12.1. The van der Waals surface area contributed by atoms with E-state index in [4.69, 9.17) is 10.0 Å². The minimum atomic E-state index is -1.43. The van der Waals surface area contributed by atoms with Gasteiger partial charge in [0.2, 0.25) is 0 Å². The van der Waals surface area contributed by atoms with Gasteiger partial charge in [0.15, 0.2) is 0 Å². The van der Waals surface area contributed by atoms with Gasteiger partial charge >= 0.3 is 7.12 Å². The van der Waals surface area contributed by atoms with E-state index >= 15 is 0 Å². The van der Waals surface area contributed by atoms with Gasteiger partial charge in [-0.3, -0.25) is 4.99 Å². The van der Waals surface area contributed by atoms with E-state index in [2.05, 4.69) is 11.7 Å². The third-order valence-corrected chi connectivity index (χ3v) is 1.00. The summed E-state index contributed by atoms with van der Waals surface area (Å²) in [4.78, 5) is 3.41. The first kappa shape index (κ1) is 9.13. The molecule has 0 unspecified atom stereocenters. The van der Waals surface area contributed by atoms with Gasteiger partial charge in [0.1, 0.15) is 0 Å². The molecular weight excluding hydrogens is 129 g/mol. The fourth-order valence-electron chi connectivity index (χ4n) is 0.470. The molecule has 2 N–H and O–H groups in total. The molecule has 0 aromatic heterocycles. The molecule has 0 saturated heterocycles. The van der Waals surface area contributed by atoms with Crippen molar-refractivity contribution in [1.29, 1.82) is 0 Å². The van der Waals surface area contributed by atoms with Gasteiger partial charge in [-0.15, -0.1) is 0 Å². The summed E-state index contributed by atoms with van der Waals surface area (Å²) in [5.74, 6) is 0. The van der Waals surface area contributed by atoms with Crippen LogP contribution in [0.2, 0.25) is 0 Å². The Hall–Kier alpha value is -0.865. The third kappa shape index (κ3) is 3.22. The van der Waals surface area contributed by atoms with E-state index in [9.17, 15) is 0 Å². The van der Waals surface area contributed by atoms with E-state index in [1.54, 1.807) is 13.0 Å². The van der Waals surface area contributed by atoms with Crippen molar-refractivity contribution in [3.05, 3.63) is 23.8 Å². The topological polar surface area (TPSA) is 52.8 Å². The number of allylic oxidation sites excluding steroid dienone is 3. The van der Waals surface area contributed by atoms with Crippen LogP contribution in [0.4, 0.5) is 0 Å². The molecule has 0 bridgehead atoms. The van der Waals surface area contributed by atoms with Gasteiger partial charge in [-0.05, 0) is 25.2 Å². The van der Waals surface area contributed by atoms with Crippen LogP contribution in [-0.2, 0) is 0 Å². The molecule has 0 saturated carbocycles. The average Bonchev–Trinajstić information content (AvgIpc) is 1.89. The van der Waals surface area contributed by atoms with Gasteiger partial charge < -0.3 is 10.0 Å². The summed E-state index contributed by atoms with van der Waals surface area (Å²) < 4.78 is 0. The highest BCUT2D eigenvalue weighted by Gasteiger charge is 2.09. The number of hydrogen-bond acceptors (Lipinski definition) is 3. The molecule has 0 aliphatic heterocycles. The van der Waals surface area contributed by atoms with Gasteiger partial charge in [0.25, 0.3) is 0 Å². The lowest BCUT2D eigenvalue weighted by Crippen LogP contribution is -2.13. The molecular formula is C6H10BNO2. The van der Waals surface area contributed by atoms with Gasteiger partial charge in [0.05, 0.1) is 0 Å². The Bertz CT molecular complexity index is 163. The number of hydrogen-bond donors (Lipinski definition) is 2. The zero-order valence-electron chi connectivity index (χ0n) is 5.86. The molecule has 3 nitrogen and oxygen atoms in total. The van der Waals surface area contributed by atoms with Gasteiger partial charge in [-0.2, -0.15) is 0 Å². The highest BCUT2D eigenvalue weighted by molar-refractivity contribution is 6.51. The number of nitrogens with zero attached hydrogens (tertiary/aromatic N) is 1. The molecule has 0 aromatic rings. The lowest BCUT2D eigenvalue weighted by molar-refractivity contribution is 0.420. The van der Waals surface area contributed by atoms with Crippen molar-refractivity contribution in [1.82, 2.24) is 0 Å². The first-order valence-electron chi connectivity index (χ1n) is 2.87. The maximum atomic E-state index is 8.61. The van der Waals surface area contributed by atoms with Crippen LogP contribution in [0.1, 0.15) is 6.92 Å².